The van der Waals surface area contributed by atoms with Gasteiger partial charge in [0.05, 0.1) is 5.39 Å². The number of piperazine rings is 1. The number of carbonyl (C=O) groups is 1. The van der Waals surface area contributed by atoms with Crippen molar-refractivity contribution in [2.45, 2.75) is 25.8 Å². The van der Waals surface area contributed by atoms with Crippen molar-refractivity contribution in [3.63, 3.8) is 0 Å². The van der Waals surface area contributed by atoms with Crippen LogP contribution in [0.2, 0.25) is 0 Å². The highest BCUT2D eigenvalue weighted by molar-refractivity contribution is 7.16. The van der Waals surface area contributed by atoms with Crippen LogP contribution in [0, 0.1) is 5.92 Å². The molecule has 6 nitrogen and oxygen atoms in total. The van der Waals surface area contributed by atoms with Gasteiger partial charge in [-0.1, -0.05) is 0 Å². The van der Waals surface area contributed by atoms with Crippen molar-refractivity contribution >= 4 is 45.7 Å². The number of rotatable bonds is 2. The zero-order valence-electron chi connectivity index (χ0n) is 14.4. The SMILES string of the molecule is C[C@H]1C[C@@H](C(=O)N2CCN(c3ncnc4sccc34)CC2)CCN1.Cl. The average molecular weight is 382 g/mol. The Bertz CT molecular complexity index is 731. The Morgan fingerprint density at radius 3 is 2.84 bits per heavy atom. The number of thiophene rings is 1. The van der Waals surface area contributed by atoms with E-state index in [4.69, 9.17) is 0 Å². The van der Waals surface area contributed by atoms with E-state index in [0.717, 1.165) is 61.6 Å². The maximum Gasteiger partial charge on any atom is 0.225 e. The van der Waals surface area contributed by atoms with E-state index >= 15 is 0 Å². The summed E-state index contributed by atoms with van der Waals surface area (Å²) in [6.07, 6.45) is 3.56. The summed E-state index contributed by atoms with van der Waals surface area (Å²) in [6, 6.07) is 2.53. The van der Waals surface area contributed by atoms with Gasteiger partial charge >= 0.3 is 0 Å². The highest BCUT2D eigenvalue weighted by Gasteiger charge is 2.30. The van der Waals surface area contributed by atoms with Gasteiger partial charge in [0, 0.05) is 38.1 Å². The summed E-state index contributed by atoms with van der Waals surface area (Å²) in [5, 5.41) is 6.60. The van der Waals surface area contributed by atoms with E-state index in [0.29, 0.717) is 11.9 Å². The molecule has 0 aliphatic carbocycles. The molecule has 2 aromatic heterocycles. The van der Waals surface area contributed by atoms with Gasteiger partial charge in [-0.25, -0.2) is 9.97 Å². The number of hydrogen-bond acceptors (Lipinski definition) is 6. The first-order valence-electron chi connectivity index (χ1n) is 8.67. The lowest BCUT2D eigenvalue weighted by Crippen LogP contribution is -2.52. The van der Waals surface area contributed by atoms with Crippen molar-refractivity contribution in [3.8, 4) is 0 Å². The number of carbonyl (C=O) groups excluding carboxylic acids is 1. The van der Waals surface area contributed by atoms with Crippen LogP contribution < -0.4 is 10.2 Å². The van der Waals surface area contributed by atoms with Crippen LogP contribution in [0.3, 0.4) is 0 Å². The molecule has 0 aromatic carbocycles. The molecule has 0 saturated carbocycles. The van der Waals surface area contributed by atoms with Crippen LogP contribution in [0.15, 0.2) is 17.8 Å². The lowest BCUT2D eigenvalue weighted by Gasteiger charge is -2.38. The fraction of sp³-hybridized carbons (Fsp3) is 0.588. The van der Waals surface area contributed by atoms with Crippen molar-refractivity contribution in [2.24, 2.45) is 5.92 Å². The van der Waals surface area contributed by atoms with Crippen LogP contribution >= 0.6 is 23.7 Å². The molecule has 2 aromatic rings. The number of anilines is 1. The van der Waals surface area contributed by atoms with Crippen LogP contribution in [-0.4, -0.2) is 59.5 Å². The van der Waals surface area contributed by atoms with Gasteiger partial charge in [0.2, 0.25) is 5.91 Å². The quantitative estimate of drug-likeness (QED) is 0.863. The summed E-state index contributed by atoms with van der Waals surface area (Å²) in [5.74, 6) is 1.53. The number of fused-ring (bicyclic) bond motifs is 1. The highest BCUT2D eigenvalue weighted by Crippen LogP contribution is 2.28. The number of halogens is 1. The minimum absolute atomic E-state index is 0. The second-order valence-electron chi connectivity index (χ2n) is 6.73. The van der Waals surface area contributed by atoms with Gasteiger partial charge in [0.1, 0.15) is 17.0 Å². The maximum absolute atomic E-state index is 12.8. The van der Waals surface area contributed by atoms with E-state index in [1.807, 2.05) is 4.90 Å². The Morgan fingerprint density at radius 2 is 2.08 bits per heavy atom. The largest absolute Gasteiger partial charge is 0.352 e. The van der Waals surface area contributed by atoms with Crippen molar-refractivity contribution in [1.82, 2.24) is 20.2 Å². The number of hydrogen-bond donors (Lipinski definition) is 1. The monoisotopic (exact) mass is 381 g/mol. The minimum Gasteiger partial charge on any atom is -0.352 e. The number of nitrogens with zero attached hydrogens (tertiary/aromatic N) is 4. The predicted molar refractivity (Wildman–Crippen MR) is 104 cm³/mol. The third-order valence-electron chi connectivity index (χ3n) is 5.10. The topological polar surface area (TPSA) is 61.4 Å². The van der Waals surface area contributed by atoms with Gasteiger partial charge in [-0.05, 0) is 37.8 Å². The molecule has 0 spiro atoms. The Balaban J connectivity index is 0.00000182. The minimum atomic E-state index is 0. The zero-order chi connectivity index (χ0) is 16.5. The predicted octanol–water partition coefficient (Wildman–Crippen LogP) is 2.15. The van der Waals surface area contributed by atoms with Crippen molar-refractivity contribution in [1.29, 1.82) is 0 Å². The summed E-state index contributed by atoms with van der Waals surface area (Å²) in [7, 11) is 0. The van der Waals surface area contributed by atoms with Crippen molar-refractivity contribution in [3.05, 3.63) is 17.8 Å². The molecule has 0 unspecified atom stereocenters. The average Bonchev–Trinajstić information content (AvgIpc) is 3.10. The lowest BCUT2D eigenvalue weighted by atomic mass is 9.92. The Hall–Kier alpha value is -1.44. The number of aromatic nitrogens is 2. The molecule has 136 valence electrons. The fourth-order valence-electron chi connectivity index (χ4n) is 3.78. The summed E-state index contributed by atoms with van der Waals surface area (Å²) < 4.78 is 0. The Labute approximate surface area is 158 Å². The molecule has 2 aliphatic rings. The first kappa shape index (κ1) is 18.4. The van der Waals surface area contributed by atoms with E-state index in [2.05, 4.69) is 38.6 Å². The maximum atomic E-state index is 12.8. The number of nitrogens with one attached hydrogen (secondary N) is 1. The molecule has 2 aliphatic heterocycles. The zero-order valence-corrected chi connectivity index (χ0v) is 16.0. The van der Waals surface area contributed by atoms with E-state index in [-0.39, 0.29) is 18.3 Å². The Kier molecular flexibility index (Phi) is 5.76. The molecule has 25 heavy (non-hydrogen) atoms. The summed E-state index contributed by atoms with van der Waals surface area (Å²) in [6.45, 7) is 6.37. The first-order chi connectivity index (χ1) is 11.7. The molecule has 0 bridgehead atoms. The first-order valence-corrected chi connectivity index (χ1v) is 9.55. The number of piperidine rings is 1. The van der Waals surface area contributed by atoms with Crippen molar-refractivity contribution < 1.29 is 4.79 Å². The molecule has 0 radical (unpaired) electrons. The second-order valence-corrected chi connectivity index (χ2v) is 7.62. The molecule has 2 fully saturated rings. The molecular formula is C17H24ClN5OS. The van der Waals surface area contributed by atoms with E-state index in [9.17, 15) is 4.79 Å². The van der Waals surface area contributed by atoms with E-state index < -0.39 is 0 Å². The second kappa shape index (κ2) is 7.85. The molecule has 2 saturated heterocycles. The van der Waals surface area contributed by atoms with Crippen LogP contribution in [0.5, 0.6) is 0 Å². The molecular weight excluding hydrogens is 358 g/mol. The third kappa shape index (κ3) is 3.73. The van der Waals surface area contributed by atoms with Crippen LogP contribution in [0.4, 0.5) is 5.82 Å². The van der Waals surface area contributed by atoms with Crippen LogP contribution in [0.1, 0.15) is 19.8 Å². The smallest absolute Gasteiger partial charge is 0.225 e. The lowest BCUT2D eigenvalue weighted by molar-refractivity contribution is -0.137. The van der Waals surface area contributed by atoms with Gasteiger partial charge in [0.25, 0.3) is 0 Å². The number of amides is 1. The van der Waals surface area contributed by atoms with Crippen LogP contribution in [-0.2, 0) is 4.79 Å². The van der Waals surface area contributed by atoms with Crippen LogP contribution in [0.25, 0.3) is 10.2 Å². The molecule has 8 heteroatoms. The third-order valence-corrected chi connectivity index (χ3v) is 5.93. The Morgan fingerprint density at radius 1 is 1.28 bits per heavy atom. The van der Waals surface area contributed by atoms with Gasteiger partial charge in [0.15, 0.2) is 0 Å². The van der Waals surface area contributed by atoms with Gasteiger partial charge in [-0.15, -0.1) is 23.7 Å². The summed E-state index contributed by atoms with van der Waals surface area (Å²) in [4.78, 5) is 26.9. The molecule has 4 rings (SSSR count). The fourth-order valence-corrected chi connectivity index (χ4v) is 4.51. The van der Waals surface area contributed by atoms with Gasteiger partial charge < -0.3 is 15.1 Å². The van der Waals surface area contributed by atoms with E-state index in [1.165, 1.54) is 0 Å². The van der Waals surface area contributed by atoms with Crippen molar-refractivity contribution in [2.75, 3.05) is 37.6 Å². The molecule has 2 atom stereocenters. The molecule has 4 heterocycles. The van der Waals surface area contributed by atoms with Gasteiger partial charge in [-0.3, -0.25) is 4.79 Å². The molecule has 1 amide bonds. The summed E-state index contributed by atoms with van der Waals surface area (Å²) in [5.41, 5.74) is 0. The van der Waals surface area contributed by atoms with Gasteiger partial charge in [-0.2, -0.15) is 0 Å². The standard InChI is InChI=1S/C17H23N5OS.ClH/c1-12-10-13(2-4-18-12)17(23)22-7-5-21(6-8-22)15-14-3-9-24-16(14)20-11-19-15;/h3,9,11-13,18H,2,4-8,10H2,1H3;1H/t12-,13-;/m0./s1. The summed E-state index contributed by atoms with van der Waals surface area (Å²) >= 11 is 1.64. The molecule has 1 N–H and O–H groups in total. The highest BCUT2D eigenvalue weighted by atomic mass is 35.5. The normalized spacial score (nSPS) is 24.2. The van der Waals surface area contributed by atoms with E-state index in [1.54, 1.807) is 17.7 Å².